The topological polar surface area (TPSA) is 42.7 Å². The van der Waals surface area contributed by atoms with Gasteiger partial charge in [-0.3, -0.25) is 4.98 Å². The maximum absolute atomic E-state index is 4.45. The van der Waals surface area contributed by atoms with Crippen LogP contribution < -0.4 is 5.32 Å². The second-order valence-corrected chi connectivity index (χ2v) is 3.65. The summed E-state index contributed by atoms with van der Waals surface area (Å²) in [6.45, 7) is 2.92. The van der Waals surface area contributed by atoms with Crippen LogP contribution >= 0.6 is 0 Å². The molecule has 0 saturated heterocycles. The van der Waals surface area contributed by atoms with Gasteiger partial charge in [-0.15, -0.1) is 0 Å². The monoisotopic (exact) mass is 200 g/mol. The minimum absolute atomic E-state index is 0.893. The Balaban J connectivity index is 2.09. The second kappa shape index (κ2) is 3.47. The molecule has 0 unspecified atom stereocenters. The van der Waals surface area contributed by atoms with Crippen LogP contribution in [0.3, 0.4) is 0 Å². The van der Waals surface area contributed by atoms with Crippen molar-refractivity contribution in [2.24, 2.45) is 0 Å². The number of rotatable bonds is 1. The molecule has 2 aromatic heterocycles. The van der Waals surface area contributed by atoms with E-state index in [9.17, 15) is 0 Å². The molecule has 1 aliphatic rings. The van der Waals surface area contributed by atoms with E-state index in [0.717, 1.165) is 30.9 Å². The van der Waals surface area contributed by atoms with Crippen molar-refractivity contribution >= 4 is 0 Å². The molecule has 1 aliphatic heterocycles. The molecule has 3 heterocycles. The number of hydrogen-bond acceptors (Lipinski definition) is 3. The molecule has 0 fully saturated rings. The molecule has 0 saturated carbocycles. The Labute approximate surface area is 88.0 Å². The number of pyridine rings is 1. The summed E-state index contributed by atoms with van der Waals surface area (Å²) < 4.78 is 2.21. The average molecular weight is 200 g/mol. The molecular formula is C11H12N4. The van der Waals surface area contributed by atoms with E-state index in [4.69, 9.17) is 0 Å². The molecule has 15 heavy (non-hydrogen) atoms. The summed E-state index contributed by atoms with van der Waals surface area (Å²) in [7, 11) is 0. The molecule has 0 aromatic carbocycles. The first kappa shape index (κ1) is 8.61. The first-order chi connectivity index (χ1) is 7.45. The summed E-state index contributed by atoms with van der Waals surface area (Å²) in [5.41, 5.74) is 3.40. The van der Waals surface area contributed by atoms with Crippen molar-refractivity contribution in [3.8, 4) is 11.3 Å². The van der Waals surface area contributed by atoms with Crippen molar-refractivity contribution in [1.29, 1.82) is 0 Å². The van der Waals surface area contributed by atoms with Crippen LogP contribution in [0.4, 0.5) is 0 Å². The molecule has 76 valence electrons. The zero-order valence-electron chi connectivity index (χ0n) is 8.35. The predicted molar refractivity (Wildman–Crippen MR) is 57.2 cm³/mol. The van der Waals surface area contributed by atoms with Crippen molar-refractivity contribution in [1.82, 2.24) is 19.9 Å². The highest BCUT2D eigenvalue weighted by Gasteiger charge is 2.15. The SMILES string of the molecule is c1cncc(-c2ncn3c2CNCC3)c1. The van der Waals surface area contributed by atoms with Crippen LogP contribution in [0.15, 0.2) is 30.9 Å². The largest absolute Gasteiger partial charge is 0.332 e. The number of aromatic nitrogens is 3. The fourth-order valence-corrected chi connectivity index (χ4v) is 1.94. The second-order valence-electron chi connectivity index (χ2n) is 3.65. The van der Waals surface area contributed by atoms with Crippen LogP contribution in [-0.4, -0.2) is 21.1 Å². The van der Waals surface area contributed by atoms with Crippen LogP contribution in [0.25, 0.3) is 11.3 Å². The predicted octanol–water partition coefficient (Wildman–Crippen LogP) is 1.05. The molecule has 4 nitrogen and oxygen atoms in total. The summed E-state index contributed by atoms with van der Waals surface area (Å²) in [6.07, 6.45) is 5.56. The van der Waals surface area contributed by atoms with Gasteiger partial charge in [-0.1, -0.05) is 0 Å². The van der Waals surface area contributed by atoms with Crippen molar-refractivity contribution in [2.75, 3.05) is 6.54 Å². The van der Waals surface area contributed by atoms with Crippen LogP contribution in [0.1, 0.15) is 5.69 Å². The summed E-state index contributed by atoms with van der Waals surface area (Å²) in [5.74, 6) is 0. The van der Waals surface area contributed by atoms with Crippen molar-refractivity contribution < 1.29 is 0 Å². The Bertz CT molecular complexity index is 461. The summed E-state index contributed by atoms with van der Waals surface area (Å²) in [6, 6.07) is 3.99. The van der Waals surface area contributed by atoms with Gasteiger partial charge in [0.15, 0.2) is 0 Å². The molecule has 0 aliphatic carbocycles. The van der Waals surface area contributed by atoms with Gasteiger partial charge in [0.25, 0.3) is 0 Å². The Kier molecular flexibility index (Phi) is 1.99. The van der Waals surface area contributed by atoms with Crippen LogP contribution in [-0.2, 0) is 13.1 Å². The highest BCUT2D eigenvalue weighted by atomic mass is 15.1. The minimum Gasteiger partial charge on any atom is -0.332 e. The van der Waals surface area contributed by atoms with E-state index in [0.29, 0.717) is 0 Å². The molecule has 0 atom stereocenters. The standard InChI is InChI=1S/C11H12N4/c1-2-9(6-12-3-1)11-10-7-13-4-5-15(10)8-14-11/h1-3,6,8,13H,4-5,7H2. The fourth-order valence-electron chi connectivity index (χ4n) is 1.94. The molecule has 1 N–H and O–H groups in total. The zero-order chi connectivity index (χ0) is 10.1. The Morgan fingerprint density at radius 1 is 1.40 bits per heavy atom. The normalized spacial score (nSPS) is 14.9. The lowest BCUT2D eigenvalue weighted by atomic mass is 10.1. The van der Waals surface area contributed by atoms with E-state index in [1.165, 1.54) is 5.69 Å². The zero-order valence-corrected chi connectivity index (χ0v) is 8.35. The maximum Gasteiger partial charge on any atom is 0.0956 e. The fraction of sp³-hybridized carbons (Fsp3) is 0.273. The highest BCUT2D eigenvalue weighted by molar-refractivity contribution is 5.60. The molecule has 0 spiro atoms. The van der Waals surface area contributed by atoms with Gasteiger partial charge < -0.3 is 9.88 Å². The lowest BCUT2D eigenvalue weighted by Crippen LogP contribution is -2.27. The van der Waals surface area contributed by atoms with Gasteiger partial charge in [0.1, 0.15) is 0 Å². The van der Waals surface area contributed by atoms with Crippen molar-refractivity contribution in [3.05, 3.63) is 36.5 Å². The van der Waals surface area contributed by atoms with E-state index in [-0.39, 0.29) is 0 Å². The van der Waals surface area contributed by atoms with E-state index in [1.807, 2.05) is 24.7 Å². The van der Waals surface area contributed by atoms with Crippen LogP contribution in [0.2, 0.25) is 0 Å². The number of nitrogens with one attached hydrogen (secondary N) is 1. The molecular weight excluding hydrogens is 188 g/mol. The van der Waals surface area contributed by atoms with Crippen LogP contribution in [0, 0.1) is 0 Å². The van der Waals surface area contributed by atoms with Crippen LogP contribution in [0.5, 0.6) is 0 Å². The number of hydrogen-bond donors (Lipinski definition) is 1. The third kappa shape index (κ3) is 1.43. The molecule has 0 amide bonds. The van der Waals surface area contributed by atoms with Gasteiger partial charge in [0.2, 0.25) is 0 Å². The smallest absolute Gasteiger partial charge is 0.0956 e. The van der Waals surface area contributed by atoms with Gasteiger partial charge in [-0.2, -0.15) is 0 Å². The molecule has 2 aromatic rings. The van der Waals surface area contributed by atoms with E-state index in [2.05, 4.69) is 19.9 Å². The molecule has 0 bridgehead atoms. The number of nitrogens with zero attached hydrogens (tertiary/aromatic N) is 3. The minimum atomic E-state index is 0.893. The van der Waals surface area contributed by atoms with Gasteiger partial charge >= 0.3 is 0 Å². The molecule has 4 heteroatoms. The number of fused-ring (bicyclic) bond motifs is 1. The quantitative estimate of drug-likeness (QED) is 0.748. The van der Waals surface area contributed by atoms with Crippen molar-refractivity contribution in [3.63, 3.8) is 0 Å². The summed E-state index contributed by atoms with van der Waals surface area (Å²) in [5, 5.41) is 3.36. The maximum atomic E-state index is 4.45. The first-order valence-corrected chi connectivity index (χ1v) is 5.10. The first-order valence-electron chi connectivity index (χ1n) is 5.10. The Hall–Kier alpha value is -1.68. The molecule has 0 radical (unpaired) electrons. The lowest BCUT2D eigenvalue weighted by molar-refractivity contribution is 0.517. The van der Waals surface area contributed by atoms with E-state index >= 15 is 0 Å². The van der Waals surface area contributed by atoms with Gasteiger partial charge in [-0.05, 0) is 12.1 Å². The third-order valence-electron chi connectivity index (χ3n) is 2.70. The lowest BCUT2D eigenvalue weighted by Gasteiger charge is -2.16. The van der Waals surface area contributed by atoms with Gasteiger partial charge in [0.05, 0.1) is 17.7 Å². The highest BCUT2D eigenvalue weighted by Crippen LogP contribution is 2.22. The summed E-state index contributed by atoms with van der Waals surface area (Å²) in [4.78, 5) is 8.57. The average Bonchev–Trinajstić information content (AvgIpc) is 2.74. The van der Waals surface area contributed by atoms with Crippen molar-refractivity contribution in [2.45, 2.75) is 13.1 Å². The van der Waals surface area contributed by atoms with E-state index < -0.39 is 0 Å². The van der Waals surface area contributed by atoms with Gasteiger partial charge in [-0.25, -0.2) is 4.98 Å². The summed E-state index contributed by atoms with van der Waals surface area (Å²) >= 11 is 0. The Morgan fingerprint density at radius 3 is 3.27 bits per heavy atom. The molecule has 3 rings (SSSR count). The Morgan fingerprint density at radius 2 is 2.40 bits per heavy atom. The van der Waals surface area contributed by atoms with Gasteiger partial charge in [0, 0.05) is 37.6 Å². The number of imidazole rings is 1. The van der Waals surface area contributed by atoms with E-state index in [1.54, 1.807) is 6.20 Å². The third-order valence-corrected chi connectivity index (χ3v) is 2.70.